The summed E-state index contributed by atoms with van der Waals surface area (Å²) in [5.74, 6) is 0.864. The Labute approximate surface area is 148 Å². The predicted molar refractivity (Wildman–Crippen MR) is 100 cm³/mol. The van der Waals surface area contributed by atoms with E-state index >= 15 is 0 Å². The van der Waals surface area contributed by atoms with Gasteiger partial charge in [0.1, 0.15) is 5.75 Å². The molecular formula is C19H22ClN3O. The molecule has 1 aliphatic rings. The van der Waals surface area contributed by atoms with Crippen LogP contribution in [0.2, 0.25) is 5.02 Å². The van der Waals surface area contributed by atoms with Crippen LogP contribution in [0.1, 0.15) is 12.5 Å². The van der Waals surface area contributed by atoms with E-state index < -0.39 is 0 Å². The molecule has 0 bridgehead atoms. The molecule has 2 aromatic carbocycles. The maximum absolute atomic E-state index is 5.96. The molecule has 0 saturated carbocycles. The monoisotopic (exact) mass is 343 g/mol. The van der Waals surface area contributed by atoms with Crippen LogP contribution in [0.15, 0.2) is 53.6 Å². The lowest BCUT2D eigenvalue weighted by Gasteiger charge is -2.35. The third-order valence-electron chi connectivity index (χ3n) is 4.25. The van der Waals surface area contributed by atoms with Gasteiger partial charge >= 0.3 is 0 Å². The van der Waals surface area contributed by atoms with E-state index in [1.54, 1.807) is 7.11 Å². The van der Waals surface area contributed by atoms with Crippen molar-refractivity contribution < 1.29 is 4.74 Å². The molecule has 1 saturated heterocycles. The second-order valence-electron chi connectivity index (χ2n) is 5.83. The number of hydrogen-bond acceptors (Lipinski definition) is 4. The van der Waals surface area contributed by atoms with Crippen LogP contribution < -0.4 is 9.64 Å². The fourth-order valence-electron chi connectivity index (χ4n) is 2.81. The van der Waals surface area contributed by atoms with E-state index in [0.717, 1.165) is 48.2 Å². The van der Waals surface area contributed by atoms with E-state index in [-0.39, 0.29) is 0 Å². The molecule has 0 unspecified atom stereocenters. The fourth-order valence-corrected chi connectivity index (χ4v) is 2.93. The number of rotatable bonds is 4. The molecule has 5 heteroatoms. The van der Waals surface area contributed by atoms with Gasteiger partial charge in [-0.2, -0.15) is 5.10 Å². The highest BCUT2D eigenvalue weighted by Crippen LogP contribution is 2.20. The lowest BCUT2D eigenvalue weighted by Crippen LogP contribution is -2.44. The topological polar surface area (TPSA) is 28.1 Å². The van der Waals surface area contributed by atoms with E-state index in [4.69, 9.17) is 21.4 Å². The average Bonchev–Trinajstić information content (AvgIpc) is 2.63. The third-order valence-corrected chi connectivity index (χ3v) is 4.50. The van der Waals surface area contributed by atoms with Crippen molar-refractivity contribution in [2.24, 2.45) is 5.10 Å². The van der Waals surface area contributed by atoms with Gasteiger partial charge in [0.15, 0.2) is 0 Å². The number of hydrazone groups is 1. The Balaban J connectivity index is 1.60. The molecule has 0 radical (unpaired) electrons. The minimum absolute atomic E-state index is 0.775. The molecule has 2 aromatic rings. The largest absolute Gasteiger partial charge is 0.497 e. The van der Waals surface area contributed by atoms with Crippen molar-refractivity contribution in [3.05, 3.63) is 59.1 Å². The van der Waals surface area contributed by atoms with Gasteiger partial charge in [-0.15, -0.1) is 0 Å². The van der Waals surface area contributed by atoms with Crippen LogP contribution in [0.3, 0.4) is 0 Å². The maximum atomic E-state index is 5.96. The first kappa shape index (κ1) is 16.7. The maximum Gasteiger partial charge on any atom is 0.118 e. The van der Waals surface area contributed by atoms with Crippen LogP contribution >= 0.6 is 11.6 Å². The normalized spacial score (nSPS) is 15.5. The number of nitrogens with zero attached hydrogens (tertiary/aromatic N) is 3. The molecule has 1 fully saturated rings. The zero-order chi connectivity index (χ0) is 16.9. The molecule has 0 spiro atoms. The first-order chi connectivity index (χ1) is 11.7. The highest BCUT2D eigenvalue weighted by molar-refractivity contribution is 6.30. The van der Waals surface area contributed by atoms with Gasteiger partial charge in [-0.1, -0.05) is 11.6 Å². The third kappa shape index (κ3) is 4.01. The van der Waals surface area contributed by atoms with Crippen LogP contribution in [-0.2, 0) is 0 Å². The quantitative estimate of drug-likeness (QED) is 0.788. The smallest absolute Gasteiger partial charge is 0.118 e. The first-order valence-electron chi connectivity index (χ1n) is 8.11. The van der Waals surface area contributed by atoms with Gasteiger partial charge < -0.3 is 9.64 Å². The summed E-state index contributed by atoms with van der Waals surface area (Å²) >= 11 is 5.96. The molecule has 0 aromatic heterocycles. The second kappa shape index (κ2) is 7.58. The molecule has 0 N–H and O–H groups in total. The zero-order valence-corrected chi connectivity index (χ0v) is 14.8. The van der Waals surface area contributed by atoms with Crippen LogP contribution in [-0.4, -0.2) is 44.0 Å². The fraction of sp³-hybridized carbons (Fsp3) is 0.316. The van der Waals surface area contributed by atoms with Crippen molar-refractivity contribution in [2.45, 2.75) is 6.92 Å². The van der Waals surface area contributed by atoms with Gasteiger partial charge in [-0.05, 0) is 61.0 Å². The van der Waals surface area contributed by atoms with E-state index in [1.165, 1.54) is 5.69 Å². The van der Waals surface area contributed by atoms with Crippen molar-refractivity contribution in [1.29, 1.82) is 0 Å². The Bertz CT molecular complexity index is 690. The molecule has 0 amide bonds. The average molecular weight is 344 g/mol. The van der Waals surface area contributed by atoms with E-state index in [0.29, 0.717) is 0 Å². The minimum atomic E-state index is 0.775. The van der Waals surface area contributed by atoms with Crippen LogP contribution in [0.5, 0.6) is 5.75 Å². The van der Waals surface area contributed by atoms with Gasteiger partial charge in [-0.3, -0.25) is 5.01 Å². The number of benzene rings is 2. The lowest BCUT2D eigenvalue weighted by molar-refractivity contribution is 0.270. The Morgan fingerprint density at radius 2 is 1.58 bits per heavy atom. The Kier molecular flexibility index (Phi) is 5.26. The van der Waals surface area contributed by atoms with Crippen molar-refractivity contribution in [1.82, 2.24) is 5.01 Å². The summed E-state index contributed by atoms with van der Waals surface area (Å²) in [6.07, 6.45) is 0. The van der Waals surface area contributed by atoms with Crippen LogP contribution in [0, 0.1) is 0 Å². The van der Waals surface area contributed by atoms with Gasteiger partial charge in [0.2, 0.25) is 0 Å². The summed E-state index contributed by atoms with van der Waals surface area (Å²) in [6.45, 7) is 5.79. The summed E-state index contributed by atoms with van der Waals surface area (Å²) in [6, 6.07) is 16.0. The second-order valence-corrected chi connectivity index (χ2v) is 6.27. The Morgan fingerprint density at radius 3 is 2.17 bits per heavy atom. The minimum Gasteiger partial charge on any atom is -0.497 e. The number of anilines is 1. The standard InChI is InChI=1S/C19H22ClN3O/c1-15(16-3-9-19(24-2)10-4-16)21-23-13-11-22(12-14-23)18-7-5-17(20)6-8-18/h3-10H,11-14H2,1-2H3/b21-15-. The first-order valence-corrected chi connectivity index (χ1v) is 8.48. The molecule has 4 nitrogen and oxygen atoms in total. The lowest BCUT2D eigenvalue weighted by atomic mass is 10.1. The molecular weight excluding hydrogens is 322 g/mol. The van der Waals surface area contributed by atoms with Crippen molar-refractivity contribution >= 4 is 23.0 Å². The van der Waals surface area contributed by atoms with Crippen molar-refractivity contribution in [3.63, 3.8) is 0 Å². The highest BCUT2D eigenvalue weighted by Gasteiger charge is 2.16. The Morgan fingerprint density at radius 1 is 0.958 bits per heavy atom. The molecule has 3 rings (SSSR count). The summed E-state index contributed by atoms with van der Waals surface area (Å²) in [7, 11) is 1.68. The van der Waals surface area contributed by atoms with E-state index in [1.807, 2.05) is 43.3 Å². The molecule has 1 aliphatic heterocycles. The number of methoxy groups -OCH3 is 1. The van der Waals surface area contributed by atoms with Gasteiger partial charge in [-0.25, -0.2) is 0 Å². The van der Waals surface area contributed by atoms with Crippen molar-refractivity contribution in [3.8, 4) is 5.75 Å². The number of piperazine rings is 1. The zero-order valence-electron chi connectivity index (χ0n) is 14.1. The summed E-state index contributed by atoms with van der Waals surface area (Å²) in [4.78, 5) is 2.37. The van der Waals surface area contributed by atoms with E-state index in [2.05, 4.69) is 22.0 Å². The van der Waals surface area contributed by atoms with Crippen LogP contribution in [0.4, 0.5) is 5.69 Å². The number of halogens is 1. The molecule has 24 heavy (non-hydrogen) atoms. The summed E-state index contributed by atoms with van der Waals surface area (Å²) < 4.78 is 5.20. The predicted octanol–water partition coefficient (Wildman–Crippen LogP) is 3.89. The molecule has 126 valence electrons. The molecule has 0 aliphatic carbocycles. The Hall–Kier alpha value is -2.20. The number of hydrogen-bond donors (Lipinski definition) is 0. The summed E-state index contributed by atoms with van der Waals surface area (Å²) in [5.41, 5.74) is 3.36. The molecule has 0 atom stereocenters. The highest BCUT2D eigenvalue weighted by atomic mass is 35.5. The van der Waals surface area contributed by atoms with Gasteiger partial charge in [0, 0.05) is 23.8 Å². The van der Waals surface area contributed by atoms with Gasteiger partial charge in [0.25, 0.3) is 0 Å². The van der Waals surface area contributed by atoms with Crippen LogP contribution in [0.25, 0.3) is 0 Å². The SMILES string of the molecule is COc1ccc(/C(C)=N\N2CCN(c3ccc(Cl)cc3)CC2)cc1. The van der Waals surface area contributed by atoms with Crippen molar-refractivity contribution in [2.75, 3.05) is 38.2 Å². The van der Waals surface area contributed by atoms with Gasteiger partial charge in [0.05, 0.1) is 25.9 Å². The molecule has 1 heterocycles. The van der Waals surface area contributed by atoms with E-state index in [9.17, 15) is 0 Å². The number of ether oxygens (including phenoxy) is 1. The summed E-state index contributed by atoms with van der Waals surface area (Å²) in [5, 5.41) is 7.69.